The van der Waals surface area contributed by atoms with Crippen LogP contribution in [0.2, 0.25) is 0 Å². The number of carbonyl (C=O) groups excluding carboxylic acids is 1. The molecular weight excluding hydrogens is 440 g/mol. The van der Waals surface area contributed by atoms with Gasteiger partial charge in [0.05, 0.1) is 18.6 Å². The van der Waals surface area contributed by atoms with E-state index in [1.807, 2.05) is 12.1 Å². The first-order chi connectivity index (χ1) is 16.5. The van der Waals surface area contributed by atoms with Gasteiger partial charge in [-0.3, -0.25) is 24.3 Å². The zero-order valence-electron chi connectivity index (χ0n) is 20.0. The smallest absolute Gasteiger partial charge is 0.290 e. The van der Waals surface area contributed by atoms with E-state index >= 15 is 0 Å². The van der Waals surface area contributed by atoms with E-state index < -0.39 is 0 Å². The molecule has 3 heterocycles. The molecule has 4 rings (SSSR count). The molecule has 1 aromatic heterocycles. The van der Waals surface area contributed by atoms with Crippen molar-refractivity contribution in [1.29, 1.82) is 0 Å². The van der Waals surface area contributed by atoms with Crippen LogP contribution >= 0.6 is 0 Å². The number of carboxylic acid groups (broad SMARTS) is 2. The zero-order chi connectivity index (χ0) is 24.8. The maximum absolute atomic E-state index is 13.5. The molecule has 2 aliphatic heterocycles. The number of hydrogen-bond donors (Lipinski definition) is 3. The van der Waals surface area contributed by atoms with E-state index in [4.69, 9.17) is 24.5 Å². The van der Waals surface area contributed by atoms with Gasteiger partial charge in [-0.15, -0.1) is 0 Å². The molecule has 0 spiro atoms. The van der Waals surface area contributed by atoms with E-state index in [9.17, 15) is 4.79 Å². The van der Waals surface area contributed by atoms with Gasteiger partial charge in [-0.2, -0.15) is 0 Å². The van der Waals surface area contributed by atoms with Crippen LogP contribution in [0.4, 0.5) is 0 Å². The fraction of sp³-hybridized carbons (Fsp3) is 0.667. The van der Waals surface area contributed by atoms with E-state index in [0.717, 1.165) is 77.2 Å². The minimum absolute atomic E-state index is 0.232. The molecule has 3 fully saturated rings. The lowest BCUT2D eigenvalue weighted by Gasteiger charge is -2.53. The lowest BCUT2D eigenvalue weighted by molar-refractivity contribution is -0.145. The second-order valence-corrected chi connectivity index (χ2v) is 8.84. The van der Waals surface area contributed by atoms with E-state index in [0.29, 0.717) is 18.5 Å². The maximum Gasteiger partial charge on any atom is 0.290 e. The third kappa shape index (κ3) is 7.48. The second-order valence-electron chi connectivity index (χ2n) is 8.84. The van der Waals surface area contributed by atoms with Crippen LogP contribution in [-0.2, 0) is 25.7 Å². The number of morpholine rings is 1. The Kier molecular flexibility index (Phi) is 11.9. The second kappa shape index (κ2) is 14.6. The summed E-state index contributed by atoms with van der Waals surface area (Å²) in [5, 5.41) is 17.0. The molecule has 190 valence electrons. The van der Waals surface area contributed by atoms with E-state index in [-0.39, 0.29) is 24.3 Å². The highest BCUT2D eigenvalue weighted by molar-refractivity contribution is 5.83. The van der Waals surface area contributed by atoms with Gasteiger partial charge in [0.25, 0.3) is 12.9 Å². The molecule has 1 aromatic rings. The largest absolute Gasteiger partial charge is 0.483 e. The maximum atomic E-state index is 13.5. The van der Waals surface area contributed by atoms with E-state index in [1.54, 1.807) is 12.4 Å². The van der Waals surface area contributed by atoms with Crippen LogP contribution < -0.4 is 5.32 Å². The summed E-state index contributed by atoms with van der Waals surface area (Å²) in [6, 6.07) is 4.57. The normalized spacial score (nSPS) is 27.0. The Morgan fingerprint density at radius 2 is 1.82 bits per heavy atom. The summed E-state index contributed by atoms with van der Waals surface area (Å²) in [7, 11) is 0. The Morgan fingerprint density at radius 1 is 1.18 bits per heavy atom. The highest BCUT2D eigenvalue weighted by Crippen LogP contribution is 2.47. The van der Waals surface area contributed by atoms with Gasteiger partial charge in [0.2, 0.25) is 5.91 Å². The van der Waals surface area contributed by atoms with Gasteiger partial charge in [-0.05, 0) is 62.4 Å². The van der Waals surface area contributed by atoms with Crippen molar-refractivity contribution in [2.24, 2.45) is 11.3 Å². The van der Waals surface area contributed by atoms with Gasteiger partial charge in [-0.1, -0.05) is 6.92 Å². The summed E-state index contributed by atoms with van der Waals surface area (Å²) in [4.78, 5) is 39.4. The number of likely N-dealkylation sites (tertiary alicyclic amines) is 1. The Labute approximate surface area is 201 Å². The Morgan fingerprint density at radius 3 is 2.44 bits per heavy atom. The molecule has 10 nitrogen and oxygen atoms in total. The molecule has 1 aliphatic carbocycles. The van der Waals surface area contributed by atoms with Crippen LogP contribution in [-0.4, -0.2) is 95.8 Å². The zero-order valence-corrected chi connectivity index (χ0v) is 20.0. The number of fused-ring (bicyclic) bond motifs is 1. The molecule has 3 atom stereocenters. The van der Waals surface area contributed by atoms with Crippen molar-refractivity contribution in [3.63, 3.8) is 0 Å². The minimum atomic E-state index is -0.250. The first kappa shape index (κ1) is 27.7. The lowest BCUT2D eigenvalue weighted by atomic mass is 9.61. The third-order valence-corrected chi connectivity index (χ3v) is 7.23. The summed E-state index contributed by atoms with van der Waals surface area (Å²) in [6.07, 6.45) is 7.98. The average Bonchev–Trinajstić information content (AvgIpc) is 2.88. The Balaban J connectivity index is 0.000000618. The summed E-state index contributed by atoms with van der Waals surface area (Å²) in [5.74, 6) is 0.738. The van der Waals surface area contributed by atoms with Crippen LogP contribution in [0, 0.1) is 11.3 Å². The summed E-state index contributed by atoms with van der Waals surface area (Å²) in [6.45, 7) is 9.14. The van der Waals surface area contributed by atoms with Crippen LogP contribution in [0.5, 0.6) is 0 Å². The van der Waals surface area contributed by atoms with Crippen molar-refractivity contribution < 1.29 is 29.3 Å². The quantitative estimate of drug-likeness (QED) is 0.536. The van der Waals surface area contributed by atoms with Crippen molar-refractivity contribution >= 4 is 18.9 Å². The van der Waals surface area contributed by atoms with Crippen LogP contribution in [0.3, 0.4) is 0 Å². The molecule has 0 unspecified atom stereocenters. The number of carbonyl (C=O) groups is 3. The van der Waals surface area contributed by atoms with Gasteiger partial charge >= 0.3 is 0 Å². The predicted octanol–water partition coefficient (Wildman–Crippen LogP) is 1.31. The fourth-order valence-electron chi connectivity index (χ4n) is 5.49. The highest BCUT2D eigenvalue weighted by Gasteiger charge is 2.52. The van der Waals surface area contributed by atoms with Crippen molar-refractivity contribution in [2.75, 3.05) is 45.9 Å². The Hall–Kier alpha value is -2.56. The van der Waals surface area contributed by atoms with Gasteiger partial charge in [0.1, 0.15) is 0 Å². The molecular formula is C24H38N4O6. The van der Waals surface area contributed by atoms with Crippen molar-refractivity contribution in [3.05, 3.63) is 30.1 Å². The fourth-order valence-corrected chi connectivity index (χ4v) is 5.49. The number of pyridine rings is 1. The van der Waals surface area contributed by atoms with Crippen molar-refractivity contribution in [2.45, 2.75) is 45.2 Å². The molecule has 1 amide bonds. The van der Waals surface area contributed by atoms with Crippen molar-refractivity contribution in [1.82, 2.24) is 20.1 Å². The van der Waals surface area contributed by atoms with Gasteiger partial charge < -0.3 is 25.2 Å². The number of ether oxygens (including phenoxy) is 1. The monoisotopic (exact) mass is 478 g/mol. The average molecular weight is 479 g/mol. The third-order valence-electron chi connectivity index (χ3n) is 7.23. The minimum Gasteiger partial charge on any atom is -0.483 e. The van der Waals surface area contributed by atoms with Crippen molar-refractivity contribution in [3.8, 4) is 0 Å². The summed E-state index contributed by atoms with van der Waals surface area (Å²) < 4.78 is 5.54. The number of nitrogens with zero attached hydrogens (tertiary/aromatic N) is 3. The number of aromatic nitrogens is 1. The molecule has 0 radical (unpaired) electrons. The van der Waals surface area contributed by atoms with Gasteiger partial charge in [-0.25, -0.2) is 0 Å². The summed E-state index contributed by atoms with van der Waals surface area (Å²) in [5.41, 5.74) is 0.880. The number of nitrogens with one attached hydrogen (secondary N) is 1. The van der Waals surface area contributed by atoms with Crippen LogP contribution in [0.25, 0.3) is 0 Å². The molecule has 10 heteroatoms. The highest BCUT2D eigenvalue weighted by atomic mass is 16.5. The molecule has 2 saturated heterocycles. The number of rotatable bonds is 5. The van der Waals surface area contributed by atoms with Gasteiger partial charge in [0.15, 0.2) is 0 Å². The number of amides is 1. The van der Waals surface area contributed by atoms with E-state index in [1.165, 1.54) is 0 Å². The Bertz CT molecular complexity index is 740. The molecule has 1 saturated carbocycles. The molecule has 0 bridgehead atoms. The topological polar surface area (TPSA) is 132 Å². The number of piperidine rings is 1. The first-order valence-corrected chi connectivity index (χ1v) is 11.9. The number of hydrogen-bond acceptors (Lipinski definition) is 7. The SMILES string of the molecule is CCN1CC[C@@H]2C[C@@H](N3CCOCC3)CC[C@@]2(C(=O)NCc2ccncc2)C1.O=CO.O=CO. The molecule has 34 heavy (non-hydrogen) atoms. The van der Waals surface area contributed by atoms with Gasteiger partial charge in [0, 0.05) is 44.6 Å². The van der Waals surface area contributed by atoms with Crippen LogP contribution in [0.15, 0.2) is 24.5 Å². The molecule has 0 aromatic carbocycles. The standard InChI is InChI=1S/C22H34N4O2.2CH2O2/c1-2-25-10-6-19-15-20(26-11-13-28-14-12-26)3-7-22(19,17-25)21(27)24-16-18-4-8-23-9-5-18;2*2-1-3/h4-5,8-9,19-20H,2-3,6-7,10-17H2,1H3,(H,24,27);2*1H,(H,2,3)/t19-,20+,22-;;/m1../s1. The molecule has 3 N–H and O–H groups in total. The van der Waals surface area contributed by atoms with E-state index in [2.05, 4.69) is 27.0 Å². The lowest BCUT2D eigenvalue weighted by Crippen LogP contribution is -2.60. The first-order valence-electron chi connectivity index (χ1n) is 11.9. The van der Waals surface area contributed by atoms with Crippen LogP contribution in [0.1, 0.15) is 38.2 Å². The molecule has 3 aliphatic rings. The predicted molar refractivity (Wildman–Crippen MR) is 126 cm³/mol. The summed E-state index contributed by atoms with van der Waals surface area (Å²) >= 11 is 0.